The predicted octanol–water partition coefficient (Wildman–Crippen LogP) is 2.31. The lowest BCUT2D eigenvalue weighted by Crippen LogP contribution is -2.58. The summed E-state index contributed by atoms with van der Waals surface area (Å²) in [6, 6.07) is 10.6. The molecule has 0 saturated carbocycles. The monoisotopic (exact) mass is 397 g/mol. The molecule has 0 aliphatic carbocycles. The third-order valence-corrected chi connectivity index (χ3v) is 4.28. The number of methoxy groups -OCH3 is 3. The van der Waals surface area contributed by atoms with Crippen molar-refractivity contribution in [1.29, 1.82) is 0 Å². The smallest absolute Gasteiger partial charge is 0.335 e. The number of nitrogens with zero attached hydrogens (tertiary/aromatic N) is 2. The largest absolute Gasteiger partial charge is 0.497 e. The Morgan fingerprint density at radius 3 is 2.38 bits per heavy atom. The van der Waals surface area contributed by atoms with E-state index in [9.17, 15) is 14.4 Å². The van der Waals surface area contributed by atoms with Gasteiger partial charge in [-0.1, -0.05) is 12.1 Å². The Labute approximate surface area is 166 Å². The van der Waals surface area contributed by atoms with Crippen LogP contribution in [0.3, 0.4) is 0 Å². The van der Waals surface area contributed by atoms with Gasteiger partial charge in [-0.15, -0.1) is 0 Å². The molecule has 1 aliphatic heterocycles. The van der Waals surface area contributed by atoms with E-state index >= 15 is 0 Å². The quantitative estimate of drug-likeness (QED) is 0.592. The van der Waals surface area contributed by atoms with Gasteiger partial charge in [-0.2, -0.15) is 0 Å². The maximum atomic E-state index is 13.0. The van der Waals surface area contributed by atoms with Gasteiger partial charge < -0.3 is 14.2 Å². The Hall–Kier alpha value is -3.88. The number of amides is 4. The first-order chi connectivity index (χ1) is 14.0. The molecule has 1 atom stereocenters. The number of imide groups is 2. The summed E-state index contributed by atoms with van der Waals surface area (Å²) < 4.78 is 15.6. The Morgan fingerprint density at radius 1 is 0.966 bits per heavy atom. The van der Waals surface area contributed by atoms with E-state index in [0.717, 1.165) is 4.90 Å². The van der Waals surface area contributed by atoms with Gasteiger partial charge in [0, 0.05) is 12.3 Å². The molecule has 0 spiro atoms. The van der Waals surface area contributed by atoms with E-state index in [4.69, 9.17) is 14.2 Å². The van der Waals surface area contributed by atoms with Crippen molar-refractivity contribution < 1.29 is 28.6 Å². The number of aliphatic imine (C=N–C) groups is 1. The summed E-state index contributed by atoms with van der Waals surface area (Å²) >= 11 is 0. The summed E-state index contributed by atoms with van der Waals surface area (Å²) in [5.41, 5.74) is 0.593. The molecule has 0 radical (unpaired) electrons. The van der Waals surface area contributed by atoms with Crippen LogP contribution in [0.4, 0.5) is 16.2 Å². The molecule has 0 bridgehead atoms. The summed E-state index contributed by atoms with van der Waals surface area (Å²) in [6.45, 7) is 0. The number of ether oxygens (including phenoxy) is 3. The molecule has 150 valence electrons. The number of benzene rings is 2. The lowest BCUT2D eigenvalue weighted by atomic mass is 10.1. The van der Waals surface area contributed by atoms with Crippen LogP contribution in [0.1, 0.15) is 0 Å². The Balaban J connectivity index is 1.95. The SMILES string of the molecule is COc1ccc(OC)c(N=C[C@@H]2C(=O)NC(=O)N(c3ccccc3OC)C2=O)c1. The molecule has 1 fully saturated rings. The molecule has 1 heterocycles. The number of rotatable bonds is 6. The van der Waals surface area contributed by atoms with Gasteiger partial charge >= 0.3 is 6.03 Å². The van der Waals surface area contributed by atoms with Crippen molar-refractivity contribution in [3.05, 3.63) is 42.5 Å². The highest BCUT2D eigenvalue weighted by molar-refractivity contribution is 6.33. The highest BCUT2D eigenvalue weighted by atomic mass is 16.5. The van der Waals surface area contributed by atoms with Crippen molar-refractivity contribution in [3.63, 3.8) is 0 Å². The van der Waals surface area contributed by atoms with E-state index in [1.807, 2.05) is 0 Å². The van der Waals surface area contributed by atoms with Crippen LogP contribution in [0.2, 0.25) is 0 Å². The molecule has 2 aromatic carbocycles. The maximum absolute atomic E-state index is 13.0. The summed E-state index contributed by atoms with van der Waals surface area (Å²) in [6.07, 6.45) is 1.17. The van der Waals surface area contributed by atoms with Crippen LogP contribution in [0, 0.1) is 5.92 Å². The first-order valence-electron chi connectivity index (χ1n) is 8.58. The molecule has 9 heteroatoms. The second kappa shape index (κ2) is 8.42. The lowest BCUT2D eigenvalue weighted by molar-refractivity contribution is -0.131. The van der Waals surface area contributed by atoms with Crippen molar-refractivity contribution in [2.75, 3.05) is 26.2 Å². The number of para-hydroxylation sites is 2. The fourth-order valence-electron chi connectivity index (χ4n) is 2.82. The topological polar surface area (TPSA) is 107 Å². The summed E-state index contributed by atoms with van der Waals surface area (Å²) in [4.78, 5) is 42.7. The minimum absolute atomic E-state index is 0.224. The van der Waals surface area contributed by atoms with Gasteiger partial charge in [0.05, 0.1) is 27.0 Å². The molecular weight excluding hydrogens is 378 g/mol. The molecule has 0 unspecified atom stereocenters. The van der Waals surface area contributed by atoms with E-state index in [-0.39, 0.29) is 5.69 Å². The molecule has 4 amide bonds. The maximum Gasteiger partial charge on any atom is 0.335 e. The van der Waals surface area contributed by atoms with Crippen LogP contribution in [0.5, 0.6) is 17.2 Å². The zero-order valence-corrected chi connectivity index (χ0v) is 16.0. The Kier molecular flexibility index (Phi) is 5.77. The van der Waals surface area contributed by atoms with Crippen LogP contribution in [-0.4, -0.2) is 45.4 Å². The number of anilines is 1. The average molecular weight is 397 g/mol. The van der Waals surface area contributed by atoms with Gasteiger partial charge in [0.15, 0.2) is 5.92 Å². The van der Waals surface area contributed by atoms with Crippen LogP contribution in [0.25, 0.3) is 0 Å². The van der Waals surface area contributed by atoms with Gasteiger partial charge in [-0.05, 0) is 24.3 Å². The Morgan fingerprint density at radius 2 is 1.69 bits per heavy atom. The van der Waals surface area contributed by atoms with Crippen molar-refractivity contribution in [1.82, 2.24) is 5.32 Å². The van der Waals surface area contributed by atoms with Crippen molar-refractivity contribution >= 4 is 35.4 Å². The molecule has 0 aromatic heterocycles. The van der Waals surface area contributed by atoms with Crippen molar-refractivity contribution in [3.8, 4) is 17.2 Å². The third kappa shape index (κ3) is 3.88. The first-order valence-corrected chi connectivity index (χ1v) is 8.58. The zero-order chi connectivity index (χ0) is 21.0. The predicted molar refractivity (Wildman–Crippen MR) is 105 cm³/mol. The molecule has 2 aromatic rings. The fraction of sp³-hybridized carbons (Fsp3) is 0.200. The Bertz CT molecular complexity index is 988. The van der Waals surface area contributed by atoms with Gasteiger partial charge in [0.25, 0.3) is 5.91 Å². The molecule has 1 aliphatic rings. The van der Waals surface area contributed by atoms with E-state index in [0.29, 0.717) is 22.9 Å². The normalized spacial score (nSPS) is 16.7. The van der Waals surface area contributed by atoms with Crippen LogP contribution < -0.4 is 24.4 Å². The second-order valence-electron chi connectivity index (χ2n) is 5.93. The number of nitrogens with one attached hydrogen (secondary N) is 1. The van der Waals surface area contributed by atoms with Crippen molar-refractivity contribution in [2.45, 2.75) is 0 Å². The van der Waals surface area contributed by atoms with Gasteiger partial charge in [0.1, 0.15) is 22.9 Å². The van der Waals surface area contributed by atoms with E-state index < -0.39 is 23.8 Å². The second-order valence-corrected chi connectivity index (χ2v) is 5.93. The third-order valence-electron chi connectivity index (χ3n) is 4.28. The standard InChI is InChI=1S/C20H19N3O6/c1-27-12-8-9-16(28-2)14(10-12)21-11-13-18(24)22-20(26)23(19(13)25)15-6-4-5-7-17(15)29-3/h4-11,13H,1-3H3,(H,22,24,26)/t13-/m1/s1. The number of hydrogen-bond acceptors (Lipinski definition) is 7. The van der Waals surface area contributed by atoms with Crippen molar-refractivity contribution in [2.24, 2.45) is 10.9 Å². The molecule has 29 heavy (non-hydrogen) atoms. The minimum Gasteiger partial charge on any atom is -0.497 e. The highest BCUT2D eigenvalue weighted by Gasteiger charge is 2.41. The summed E-state index contributed by atoms with van der Waals surface area (Å²) in [5.74, 6) is -1.54. The lowest BCUT2D eigenvalue weighted by Gasteiger charge is -2.29. The molecule has 9 nitrogen and oxygen atoms in total. The van der Waals surface area contributed by atoms with Crippen LogP contribution in [-0.2, 0) is 9.59 Å². The molecule has 3 rings (SSSR count). The summed E-state index contributed by atoms with van der Waals surface area (Å²) in [5, 5.41) is 2.17. The van der Waals surface area contributed by atoms with E-state index in [1.165, 1.54) is 27.5 Å². The highest BCUT2D eigenvalue weighted by Crippen LogP contribution is 2.33. The number of barbiturate groups is 1. The number of carbonyl (C=O) groups is 3. The average Bonchev–Trinajstić information content (AvgIpc) is 2.73. The van der Waals surface area contributed by atoms with Crippen LogP contribution >= 0.6 is 0 Å². The molecular formula is C20H19N3O6. The first kappa shape index (κ1) is 19.9. The number of hydrogen-bond donors (Lipinski definition) is 1. The van der Waals surface area contributed by atoms with Gasteiger partial charge in [0.2, 0.25) is 5.91 Å². The number of urea groups is 1. The minimum atomic E-state index is -1.31. The van der Waals surface area contributed by atoms with Gasteiger partial charge in [-0.3, -0.25) is 19.9 Å². The van der Waals surface area contributed by atoms with Gasteiger partial charge in [-0.25, -0.2) is 9.69 Å². The molecule has 1 saturated heterocycles. The summed E-state index contributed by atoms with van der Waals surface area (Å²) in [7, 11) is 4.40. The van der Waals surface area contributed by atoms with E-state index in [2.05, 4.69) is 10.3 Å². The fourth-order valence-corrected chi connectivity index (χ4v) is 2.82. The van der Waals surface area contributed by atoms with E-state index in [1.54, 1.807) is 42.5 Å². The zero-order valence-electron chi connectivity index (χ0n) is 16.0. The number of carbonyl (C=O) groups excluding carboxylic acids is 3. The van der Waals surface area contributed by atoms with Crippen LogP contribution in [0.15, 0.2) is 47.5 Å². The molecule has 1 N–H and O–H groups in total.